The molecule has 2 N–H and O–H groups in total. The van der Waals surface area contributed by atoms with Crippen LogP contribution in [0.25, 0.3) is 0 Å². The molecule has 1 aromatic rings. The molecule has 2 rings (SSSR count). The summed E-state index contributed by atoms with van der Waals surface area (Å²) >= 11 is 6.03. The molecule has 0 bridgehead atoms. The first-order chi connectivity index (χ1) is 9.13. The maximum atomic E-state index is 11.2. The van der Waals surface area contributed by atoms with Crippen molar-refractivity contribution >= 4 is 17.6 Å². The number of fused-ring (bicyclic) bond motifs is 1. The van der Waals surface area contributed by atoms with Crippen LogP contribution in [0.15, 0.2) is 12.1 Å². The van der Waals surface area contributed by atoms with E-state index in [2.05, 4.69) is 0 Å². The first kappa shape index (κ1) is 13.9. The molecule has 0 amide bonds. The van der Waals surface area contributed by atoms with Crippen LogP contribution in [0.5, 0.6) is 11.5 Å². The van der Waals surface area contributed by atoms with E-state index < -0.39 is 12.1 Å². The zero-order chi connectivity index (χ0) is 13.8. The molecule has 1 aliphatic rings. The maximum absolute atomic E-state index is 11.2. The van der Waals surface area contributed by atoms with Crippen LogP contribution in [-0.2, 0) is 9.53 Å². The van der Waals surface area contributed by atoms with Gasteiger partial charge in [-0.1, -0.05) is 11.6 Å². The minimum absolute atomic E-state index is 0.0803. The molecule has 0 radical (unpaired) electrons. The van der Waals surface area contributed by atoms with Crippen LogP contribution in [0, 0.1) is 0 Å². The highest BCUT2D eigenvalue weighted by molar-refractivity contribution is 6.32. The molecule has 1 aromatic carbocycles. The molecule has 1 unspecified atom stereocenters. The van der Waals surface area contributed by atoms with Gasteiger partial charge < -0.3 is 24.4 Å². The monoisotopic (exact) mass is 288 g/mol. The van der Waals surface area contributed by atoms with Crippen molar-refractivity contribution in [1.29, 1.82) is 0 Å². The SMILES string of the molecule is O=C(O)C(OCCO)c1cc(Cl)c2c(c1)OCCO2. The standard InChI is InChI=1S/C12H13ClO6/c13-8-5-7(10(12(15)16)18-2-1-14)6-9-11(8)19-4-3-17-9/h5-6,10,14H,1-4H2,(H,15,16). The van der Waals surface area contributed by atoms with E-state index >= 15 is 0 Å². The van der Waals surface area contributed by atoms with Gasteiger partial charge in [-0.3, -0.25) is 0 Å². The van der Waals surface area contributed by atoms with E-state index in [0.29, 0.717) is 30.3 Å². The van der Waals surface area contributed by atoms with Gasteiger partial charge >= 0.3 is 5.97 Å². The molecule has 0 fully saturated rings. The van der Waals surface area contributed by atoms with Gasteiger partial charge in [-0.25, -0.2) is 4.79 Å². The number of halogens is 1. The largest absolute Gasteiger partial charge is 0.486 e. The average molecular weight is 289 g/mol. The van der Waals surface area contributed by atoms with Gasteiger partial charge in [0.2, 0.25) is 0 Å². The Morgan fingerprint density at radius 2 is 2.16 bits per heavy atom. The molecule has 0 saturated carbocycles. The number of aliphatic carboxylic acids is 1. The van der Waals surface area contributed by atoms with E-state index in [1.54, 1.807) is 0 Å². The van der Waals surface area contributed by atoms with Crippen LogP contribution in [-0.4, -0.2) is 42.6 Å². The lowest BCUT2D eigenvalue weighted by atomic mass is 10.1. The van der Waals surface area contributed by atoms with E-state index in [1.807, 2.05) is 0 Å². The number of benzene rings is 1. The molecular weight excluding hydrogens is 276 g/mol. The molecule has 0 aromatic heterocycles. The lowest BCUT2D eigenvalue weighted by Crippen LogP contribution is -2.19. The van der Waals surface area contributed by atoms with Crippen molar-refractivity contribution in [2.75, 3.05) is 26.4 Å². The third-order valence-corrected chi connectivity index (χ3v) is 2.80. The Balaban J connectivity index is 2.32. The molecule has 0 aliphatic carbocycles. The Morgan fingerprint density at radius 1 is 1.42 bits per heavy atom. The highest BCUT2D eigenvalue weighted by Gasteiger charge is 2.25. The third-order valence-electron chi connectivity index (χ3n) is 2.52. The fraction of sp³-hybridized carbons (Fsp3) is 0.417. The zero-order valence-corrected chi connectivity index (χ0v) is 10.7. The minimum Gasteiger partial charge on any atom is -0.486 e. The number of rotatable bonds is 5. The van der Waals surface area contributed by atoms with E-state index in [1.165, 1.54) is 12.1 Å². The predicted octanol–water partition coefficient (Wildman–Crippen LogP) is 1.25. The van der Waals surface area contributed by atoms with Gasteiger partial charge in [0.25, 0.3) is 0 Å². The first-order valence-corrected chi connectivity index (χ1v) is 6.05. The molecule has 0 saturated heterocycles. The van der Waals surface area contributed by atoms with Gasteiger partial charge in [-0.2, -0.15) is 0 Å². The normalized spacial score (nSPS) is 15.1. The highest BCUT2D eigenvalue weighted by Crippen LogP contribution is 2.40. The van der Waals surface area contributed by atoms with Gasteiger partial charge in [0, 0.05) is 0 Å². The van der Waals surface area contributed by atoms with Crippen LogP contribution < -0.4 is 9.47 Å². The summed E-state index contributed by atoms with van der Waals surface area (Å²) in [6.45, 7) is 0.433. The minimum atomic E-state index is -1.21. The second kappa shape index (κ2) is 6.10. The second-order valence-corrected chi connectivity index (χ2v) is 4.25. The van der Waals surface area contributed by atoms with Crippen molar-refractivity contribution < 1.29 is 29.2 Å². The first-order valence-electron chi connectivity index (χ1n) is 5.67. The Kier molecular flexibility index (Phi) is 4.47. The van der Waals surface area contributed by atoms with E-state index in [-0.39, 0.29) is 18.2 Å². The fourth-order valence-electron chi connectivity index (χ4n) is 1.76. The lowest BCUT2D eigenvalue weighted by molar-refractivity contribution is -0.151. The van der Waals surface area contributed by atoms with Gasteiger partial charge in [-0.15, -0.1) is 0 Å². The van der Waals surface area contributed by atoms with Crippen molar-refractivity contribution in [3.05, 3.63) is 22.7 Å². The highest BCUT2D eigenvalue weighted by atomic mass is 35.5. The van der Waals surface area contributed by atoms with Crippen LogP contribution in [0.3, 0.4) is 0 Å². The smallest absolute Gasteiger partial charge is 0.337 e. The maximum Gasteiger partial charge on any atom is 0.337 e. The number of hydrogen-bond donors (Lipinski definition) is 2. The molecule has 1 atom stereocenters. The number of aliphatic hydroxyl groups excluding tert-OH is 1. The number of hydrogen-bond acceptors (Lipinski definition) is 5. The van der Waals surface area contributed by atoms with Crippen molar-refractivity contribution in [1.82, 2.24) is 0 Å². The predicted molar refractivity (Wildman–Crippen MR) is 65.9 cm³/mol. The summed E-state index contributed by atoms with van der Waals surface area (Å²) in [7, 11) is 0. The van der Waals surface area contributed by atoms with Crippen molar-refractivity contribution in [3.63, 3.8) is 0 Å². The zero-order valence-electron chi connectivity index (χ0n) is 9.97. The summed E-state index contributed by atoms with van der Waals surface area (Å²) in [6, 6.07) is 2.99. The van der Waals surface area contributed by atoms with Crippen molar-refractivity contribution in [2.45, 2.75) is 6.10 Å². The summed E-state index contributed by atoms with van der Waals surface area (Å²) in [5, 5.41) is 18.1. The van der Waals surface area contributed by atoms with Crippen molar-refractivity contribution in [2.24, 2.45) is 0 Å². The van der Waals surface area contributed by atoms with Gasteiger partial charge in [0.1, 0.15) is 13.2 Å². The summed E-state index contributed by atoms with van der Waals surface area (Å²) < 4.78 is 15.8. The molecule has 1 heterocycles. The molecule has 6 nitrogen and oxygen atoms in total. The molecule has 104 valence electrons. The van der Waals surface area contributed by atoms with Crippen LogP contribution in [0.1, 0.15) is 11.7 Å². The third kappa shape index (κ3) is 3.09. The van der Waals surface area contributed by atoms with E-state index in [4.69, 9.17) is 36.0 Å². The second-order valence-electron chi connectivity index (χ2n) is 3.84. The average Bonchev–Trinajstić information content (AvgIpc) is 2.39. The van der Waals surface area contributed by atoms with Gasteiger partial charge in [-0.05, 0) is 17.7 Å². The molecule has 1 aliphatic heterocycles. The lowest BCUT2D eigenvalue weighted by Gasteiger charge is -2.22. The number of carboxylic acids is 1. The molecular formula is C12H13ClO6. The van der Waals surface area contributed by atoms with E-state index in [0.717, 1.165) is 0 Å². The van der Waals surface area contributed by atoms with Crippen LogP contribution in [0.4, 0.5) is 0 Å². The quantitative estimate of drug-likeness (QED) is 0.848. The summed E-state index contributed by atoms with van der Waals surface area (Å²) in [5.41, 5.74) is 0.343. The fourth-order valence-corrected chi connectivity index (χ4v) is 2.04. The van der Waals surface area contributed by atoms with Crippen molar-refractivity contribution in [3.8, 4) is 11.5 Å². The number of aliphatic hydroxyl groups is 1. The number of carboxylic acid groups (broad SMARTS) is 1. The molecule has 0 spiro atoms. The summed E-state index contributed by atoms with van der Waals surface area (Å²) in [4.78, 5) is 11.2. The molecule has 19 heavy (non-hydrogen) atoms. The van der Waals surface area contributed by atoms with Crippen LogP contribution in [0.2, 0.25) is 5.02 Å². The van der Waals surface area contributed by atoms with E-state index in [9.17, 15) is 4.79 Å². The van der Waals surface area contributed by atoms with Gasteiger partial charge in [0.05, 0.1) is 18.2 Å². The van der Waals surface area contributed by atoms with Gasteiger partial charge in [0.15, 0.2) is 17.6 Å². The van der Waals surface area contributed by atoms with Crippen LogP contribution >= 0.6 is 11.6 Å². The number of ether oxygens (including phenoxy) is 3. The molecule has 7 heteroatoms. The Bertz CT molecular complexity index is 476. The summed E-state index contributed by atoms with van der Waals surface area (Å²) in [6.07, 6.45) is -1.21. The Labute approximate surface area is 114 Å². The number of carbonyl (C=O) groups is 1. The topological polar surface area (TPSA) is 85.2 Å². The summed E-state index contributed by atoms with van der Waals surface area (Å²) in [5.74, 6) is -0.364. The Hall–Kier alpha value is -1.50. The Morgan fingerprint density at radius 3 is 2.84 bits per heavy atom.